The molecule has 1 heterocycles. The molecule has 0 fully saturated rings. The van der Waals surface area contributed by atoms with Gasteiger partial charge >= 0.3 is 11.8 Å². The summed E-state index contributed by atoms with van der Waals surface area (Å²) >= 11 is 1.75. The summed E-state index contributed by atoms with van der Waals surface area (Å²) in [6, 6.07) is 0.965. The number of hydrogen-bond donors (Lipinski definition) is 2. The van der Waals surface area contributed by atoms with Gasteiger partial charge in [-0.05, 0) is 34.8 Å². The zero-order valence-electron chi connectivity index (χ0n) is 10.5. The number of carboxylic acid groups (broad SMARTS) is 1. The molecular weight excluding hydrogens is 270 g/mol. The highest BCUT2D eigenvalue weighted by Gasteiger charge is 2.17. The zero-order valence-corrected chi connectivity index (χ0v) is 11.3. The molecule has 0 aromatic carbocycles. The molecule has 0 radical (unpaired) electrons. The van der Waals surface area contributed by atoms with E-state index in [1.54, 1.807) is 11.8 Å². The van der Waals surface area contributed by atoms with E-state index in [9.17, 15) is 14.9 Å². The van der Waals surface area contributed by atoms with Gasteiger partial charge in [-0.15, -0.1) is 0 Å². The van der Waals surface area contributed by atoms with E-state index in [4.69, 9.17) is 5.11 Å². The van der Waals surface area contributed by atoms with Crippen molar-refractivity contribution < 1.29 is 14.8 Å². The number of unbranched alkanes of at least 4 members (excludes halogenated alkanes) is 1. The second-order valence-electron chi connectivity index (χ2n) is 3.78. The lowest BCUT2D eigenvalue weighted by Crippen LogP contribution is -2.09. The third-order valence-electron chi connectivity index (χ3n) is 2.40. The van der Waals surface area contributed by atoms with E-state index in [1.807, 2.05) is 6.26 Å². The minimum absolute atomic E-state index is 0.133. The average molecular weight is 285 g/mol. The molecule has 0 amide bonds. The maximum Gasteiger partial charge on any atom is 0.364 e. The summed E-state index contributed by atoms with van der Waals surface area (Å²) in [5.41, 5.74) is 0.175. The van der Waals surface area contributed by atoms with Crippen molar-refractivity contribution >= 4 is 29.2 Å². The van der Waals surface area contributed by atoms with Crippen molar-refractivity contribution in [2.45, 2.75) is 12.8 Å². The number of nitro groups is 1. The fraction of sp³-hybridized carbons (Fsp3) is 0.455. The molecule has 1 aromatic rings. The van der Waals surface area contributed by atoms with Crippen LogP contribution in [0.2, 0.25) is 0 Å². The van der Waals surface area contributed by atoms with Gasteiger partial charge in [0.25, 0.3) is 0 Å². The van der Waals surface area contributed by atoms with Gasteiger partial charge in [-0.1, -0.05) is 0 Å². The molecule has 0 aliphatic heterocycles. The number of nitrogens with one attached hydrogen (secondary N) is 1. The SMILES string of the molecule is CSCCCCNc1cnc([N+](=O)[O-])cc1C(=O)O. The Hall–Kier alpha value is -1.83. The van der Waals surface area contributed by atoms with Crippen LogP contribution >= 0.6 is 11.8 Å². The Labute approximate surface area is 114 Å². The second kappa shape index (κ2) is 7.57. The van der Waals surface area contributed by atoms with Crippen molar-refractivity contribution in [3.05, 3.63) is 27.9 Å². The molecule has 1 rings (SSSR count). The highest BCUT2D eigenvalue weighted by Crippen LogP contribution is 2.19. The smallest absolute Gasteiger partial charge is 0.364 e. The number of thioether (sulfide) groups is 1. The van der Waals surface area contributed by atoms with Crippen molar-refractivity contribution in [2.75, 3.05) is 23.9 Å². The third-order valence-corrected chi connectivity index (χ3v) is 3.09. The molecule has 0 aliphatic rings. The first-order valence-corrected chi connectivity index (χ1v) is 7.06. The standard InChI is InChI=1S/C11H15N3O4S/c1-19-5-3-2-4-12-9-7-13-10(14(17)18)6-8(9)11(15)16/h6-7,12H,2-5H2,1H3,(H,15,16). The van der Waals surface area contributed by atoms with Crippen molar-refractivity contribution in [1.29, 1.82) is 0 Å². The van der Waals surface area contributed by atoms with Crippen LogP contribution in [0.5, 0.6) is 0 Å². The van der Waals surface area contributed by atoms with Gasteiger partial charge in [0.05, 0.1) is 17.3 Å². The number of nitrogens with zero attached hydrogens (tertiary/aromatic N) is 2. The van der Waals surface area contributed by atoms with E-state index in [0.717, 1.165) is 24.7 Å². The van der Waals surface area contributed by atoms with Crippen LogP contribution in [0, 0.1) is 10.1 Å². The zero-order chi connectivity index (χ0) is 14.3. The molecule has 8 heteroatoms. The molecule has 0 aliphatic carbocycles. The number of carboxylic acids is 1. The minimum atomic E-state index is -1.21. The van der Waals surface area contributed by atoms with Crippen LogP contribution in [-0.2, 0) is 0 Å². The fourth-order valence-corrected chi connectivity index (χ4v) is 1.95. The number of hydrogen-bond acceptors (Lipinski definition) is 6. The van der Waals surface area contributed by atoms with E-state index < -0.39 is 16.7 Å². The molecule has 104 valence electrons. The molecule has 0 saturated heterocycles. The topological polar surface area (TPSA) is 105 Å². The summed E-state index contributed by atoms with van der Waals surface area (Å²) < 4.78 is 0. The predicted molar refractivity (Wildman–Crippen MR) is 74.0 cm³/mol. The number of pyridine rings is 1. The first kappa shape index (κ1) is 15.2. The van der Waals surface area contributed by atoms with Crippen molar-refractivity contribution in [3.63, 3.8) is 0 Å². The minimum Gasteiger partial charge on any atom is -0.478 e. The number of rotatable bonds is 8. The molecule has 0 saturated carbocycles. The third kappa shape index (κ3) is 4.74. The number of aromatic nitrogens is 1. The molecule has 19 heavy (non-hydrogen) atoms. The lowest BCUT2D eigenvalue weighted by atomic mass is 10.2. The molecule has 1 aromatic heterocycles. The highest BCUT2D eigenvalue weighted by atomic mass is 32.2. The van der Waals surface area contributed by atoms with Gasteiger partial charge in [-0.25, -0.2) is 4.79 Å². The van der Waals surface area contributed by atoms with E-state index in [1.165, 1.54) is 6.20 Å². The van der Waals surface area contributed by atoms with E-state index in [-0.39, 0.29) is 5.56 Å². The Kier molecular flexibility index (Phi) is 6.07. The van der Waals surface area contributed by atoms with E-state index >= 15 is 0 Å². The summed E-state index contributed by atoms with van der Waals surface area (Å²) in [7, 11) is 0. The van der Waals surface area contributed by atoms with Gasteiger partial charge in [-0.2, -0.15) is 11.8 Å². The Balaban J connectivity index is 2.71. The molecule has 0 spiro atoms. The highest BCUT2D eigenvalue weighted by molar-refractivity contribution is 7.98. The van der Waals surface area contributed by atoms with E-state index in [2.05, 4.69) is 10.3 Å². The van der Waals surface area contributed by atoms with Crippen molar-refractivity contribution in [1.82, 2.24) is 4.98 Å². The van der Waals surface area contributed by atoms with Gasteiger partial charge in [0, 0.05) is 6.54 Å². The van der Waals surface area contributed by atoms with Crippen molar-refractivity contribution in [2.24, 2.45) is 0 Å². The van der Waals surface area contributed by atoms with Gasteiger partial charge in [-0.3, -0.25) is 0 Å². The average Bonchev–Trinajstić information content (AvgIpc) is 2.38. The largest absolute Gasteiger partial charge is 0.478 e. The second-order valence-corrected chi connectivity index (χ2v) is 4.76. The van der Waals surface area contributed by atoms with Gasteiger partial charge in [0.15, 0.2) is 6.20 Å². The van der Waals surface area contributed by atoms with Gasteiger partial charge in [0.2, 0.25) is 0 Å². The summed E-state index contributed by atoms with van der Waals surface area (Å²) in [5, 5.41) is 22.5. The van der Waals surface area contributed by atoms with Crippen LogP contribution in [0.4, 0.5) is 11.5 Å². The summed E-state index contributed by atoms with van der Waals surface area (Å²) in [6.07, 6.45) is 5.14. The summed E-state index contributed by atoms with van der Waals surface area (Å²) in [4.78, 5) is 24.5. The maximum atomic E-state index is 11.0. The van der Waals surface area contributed by atoms with Crippen LogP contribution < -0.4 is 5.32 Å². The molecular formula is C11H15N3O4S. The van der Waals surface area contributed by atoms with Crippen LogP contribution in [-0.4, -0.2) is 39.5 Å². The Morgan fingerprint density at radius 2 is 2.32 bits per heavy atom. The quantitative estimate of drug-likeness (QED) is 0.428. The van der Waals surface area contributed by atoms with E-state index in [0.29, 0.717) is 12.2 Å². The van der Waals surface area contributed by atoms with Gasteiger partial charge in [0.1, 0.15) is 0 Å². The fourth-order valence-electron chi connectivity index (χ4n) is 1.46. The Morgan fingerprint density at radius 3 is 2.89 bits per heavy atom. The van der Waals surface area contributed by atoms with Crippen molar-refractivity contribution in [3.8, 4) is 0 Å². The first-order chi connectivity index (χ1) is 9.06. The molecule has 2 N–H and O–H groups in total. The van der Waals surface area contributed by atoms with Crippen LogP contribution in [0.3, 0.4) is 0 Å². The van der Waals surface area contributed by atoms with Crippen LogP contribution in [0.25, 0.3) is 0 Å². The Bertz CT molecular complexity index is 467. The monoisotopic (exact) mass is 285 g/mol. The molecule has 0 bridgehead atoms. The summed E-state index contributed by atoms with van der Waals surface area (Å²) in [5.74, 6) is -0.631. The maximum absolute atomic E-state index is 11.0. The lowest BCUT2D eigenvalue weighted by molar-refractivity contribution is -0.389. The predicted octanol–water partition coefficient (Wildman–Crippen LogP) is 2.24. The molecule has 0 atom stereocenters. The normalized spacial score (nSPS) is 10.2. The molecule has 7 nitrogen and oxygen atoms in total. The number of carbonyl (C=O) groups is 1. The number of anilines is 1. The van der Waals surface area contributed by atoms with Crippen LogP contribution in [0.15, 0.2) is 12.3 Å². The Morgan fingerprint density at radius 1 is 1.58 bits per heavy atom. The molecule has 0 unspecified atom stereocenters. The van der Waals surface area contributed by atoms with Gasteiger partial charge < -0.3 is 20.5 Å². The first-order valence-electron chi connectivity index (χ1n) is 5.66. The van der Waals surface area contributed by atoms with Crippen LogP contribution in [0.1, 0.15) is 23.2 Å². The lowest BCUT2D eigenvalue weighted by Gasteiger charge is -2.07. The summed E-state index contributed by atoms with van der Waals surface area (Å²) in [6.45, 7) is 0.611. The number of aromatic carboxylic acids is 1.